The van der Waals surface area contributed by atoms with Gasteiger partial charge in [0.15, 0.2) is 0 Å². The highest BCUT2D eigenvalue weighted by Gasteiger charge is 2.26. The molecular weight excluding hydrogens is 390 g/mol. The van der Waals surface area contributed by atoms with E-state index in [1.54, 1.807) is 38.6 Å². The molecule has 1 N–H and O–H groups in total. The van der Waals surface area contributed by atoms with Crippen LogP contribution in [0.4, 0.5) is 0 Å². The summed E-state index contributed by atoms with van der Waals surface area (Å²) in [4.78, 5) is 19.7. The lowest BCUT2D eigenvalue weighted by Gasteiger charge is -2.36. The van der Waals surface area contributed by atoms with Crippen molar-refractivity contribution < 1.29 is 14.3 Å². The van der Waals surface area contributed by atoms with E-state index in [2.05, 4.69) is 45.5 Å². The van der Waals surface area contributed by atoms with Crippen LogP contribution in [0.3, 0.4) is 0 Å². The third-order valence-electron chi connectivity index (χ3n) is 5.78. The molecule has 1 unspecified atom stereocenters. The number of ether oxygens (including phenoxy) is 2. The van der Waals surface area contributed by atoms with Crippen LogP contribution in [0.2, 0.25) is 0 Å². The maximum atomic E-state index is 13.0. The van der Waals surface area contributed by atoms with Crippen molar-refractivity contribution in [2.45, 2.75) is 19.0 Å². The number of nitrogens with one attached hydrogen (secondary N) is 1. The van der Waals surface area contributed by atoms with Crippen LogP contribution in [-0.2, 0) is 13.0 Å². The maximum absolute atomic E-state index is 13.0. The van der Waals surface area contributed by atoms with Crippen LogP contribution in [-0.4, -0.2) is 43.1 Å². The summed E-state index contributed by atoms with van der Waals surface area (Å²) in [5, 5.41) is 3.10. The summed E-state index contributed by atoms with van der Waals surface area (Å²) >= 11 is 0. The van der Waals surface area contributed by atoms with E-state index in [0.717, 1.165) is 25.1 Å². The number of aromatic nitrogens is 1. The summed E-state index contributed by atoms with van der Waals surface area (Å²) in [6.07, 6.45) is 4.64. The second-order valence-electron chi connectivity index (χ2n) is 7.57. The number of nitrogens with zero attached hydrogens (tertiary/aromatic N) is 2. The summed E-state index contributed by atoms with van der Waals surface area (Å²) in [7, 11) is 3.14. The standard InChI is InChI=1S/C25H27N3O3/c1-30-21-9-10-22(24(14-21)31-2)25(29)27-16-23(19-8-5-12-26-15-19)28-13-11-18-6-3-4-7-20(18)17-28/h3-10,12,14-15,23H,11,13,16-17H2,1-2H3,(H,27,29). The highest BCUT2D eigenvalue weighted by molar-refractivity contribution is 5.97. The van der Waals surface area contributed by atoms with Gasteiger partial charge in [-0.3, -0.25) is 14.7 Å². The van der Waals surface area contributed by atoms with Crippen molar-refractivity contribution in [3.63, 3.8) is 0 Å². The lowest BCUT2D eigenvalue weighted by Crippen LogP contribution is -2.40. The van der Waals surface area contributed by atoms with Crippen molar-refractivity contribution in [1.82, 2.24) is 15.2 Å². The second-order valence-corrected chi connectivity index (χ2v) is 7.57. The minimum Gasteiger partial charge on any atom is -0.497 e. The Hall–Kier alpha value is -3.38. The van der Waals surface area contributed by atoms with Crippen molar-refractivity contribution in [1.29, 1.82) is 0 Å². The number of methoxy groups -OCH3 is 2. The zero-order valence-corrected chi connectivity index (χ0v) is 17.9. The van der Waals surface area contributed by atoms with Gasteiger partial charge in [0, 0.05) is 38.1 Å². The Kier molecular flexibility index (Phi) is 6.48. The maximum Gasteiger partial charge on any atom is 0.255 e. The van der Waals surface area contributed by atoms with E-state index in [-0.39, 0.29) is 11.9 Å². The molecule has 1 aliphatic rings. The SMILES string of the molecule is COc1ccc(C(=O)NCC(c2cccnc2)N2CCc3ccccc3C2)c(OC)c1. The lowest BCUT2D eigenvalue weighted by atomic mass is 9.97. The second kappa shape index (κ2) is 9.62. The molecule has 1 aromatic heterocycles. The molecule has 0 saturated carbocycles. The van der Waals surface area contributed by atoms with E-state index >= 15 is 0 Å². The van der Waals surface area contributed by atoms with Crippen LogP contribution in [0.25, 0.3) is 0 Å². The topological polar surface area (TPSA) is 63.7 Å². The van der Waals surface area contributed by atoms with Crippen LogP contribution < -0.4 is 14.8 Å². The molecule has 0 fully saturated rings. The summed E-state index contributed by atoms with van der Waals surface area (Å²) in [5.41, 5.74) is 4.31. The Morgan fingerprint density at radius 1 is 1.10 bits per heavy atom. The first-order valence-electron chi connectivity index (χ1n) is 10.4. The third-order valence-corrected chi connectivity index (χ3v) is 5.78. The highest BCUT2D eigenvalue weighted by Crippen LogP contribution is 2.28. The number of amides is 1. The Balaban J connectivity index is 1.53. The molecule has 2 aromatic carbocycles. The molecule has 160 valence electrons. The van der Waals surface area contributed by atoms with Crippen molar-refractivity contribution in [2.24, 2.45) is 0 Å². The van der Waals surface area contributed by atoms with Crippen molar-refractivity contribution >= 4 is 5.91 Å². The number of fused-ring (bicyclic) bond motifs is 1. The van der Waals surface area contributed by atoms with Gasteiger partial charge < -0.3 is 14.8 Å². The Labute approximate surface area is 182 Å². The normalized spacial score (nSPS) is 14.4. The number of hydrogen-bond acceptors (Lipinski definition) is 5. The third kappa shape index (κ3) is 4.70. The number of benzene rings is 2. The molecule has 0 spiro atoms. The van der Waals surface area contributed by atoms with Gasteiger partial charge >= 0.3 is 0 Å². The van der Waals surface area contributed by atoms with Gasteiger partial charge in [-0.25, -0.2) is 0 Å². The number of carbonyl (C=O) groups is 1. The van der Waals surface area contributed by atoms with Crippen LogP contribution in [0.1, 0.15) is 33.1 Å². The molecule has 1 atom stereocenters. The molecule has 0 radical (unpaired) electrons. The molecule has 6 nitrogen and oxygen atoms in total. The molecule has 0 saturated heterocycles. The van der Waals surface area contributed by atoms with Crippen LogP contribution in [0.5, 0.6) is 11.5 Å². The van der Waals surface area contributed by atoms with Crippen molar-refractivity contribution in [2.75, 3.05) is 27.3 Å². The van der Waals surface area contributed by atoms with Gasteiger partial charge in [0.2, 0.25) is 0 Å². The van der Waals surface area contributed by atoms with Gasteiger partial charge in [-0.05, 0) is 41.3 Å². The van der Waals surface area contributed by atoms with Gasteiger partial charge in [-0.1, -0.05) is 30.3 Å². The van der Waals surface area contributed by atoms with Crippen LogP contribution >= 0.6 is 0 Å². The molecule has 2 heterocycles. The molecule has 1 aliphatic heterocycles. The van der Waals surface area contributed by atoms with E-state index in [1.807, 2.05) is 12.3 Å². The molecule has 1 amide bonds. The fraction of sp³-hybridized carbons (Fsp3) is 0.280. The summed E-state index contributed by atoms with van der Waals surface area (Å²) in [6.45, 7) is 2.25. The van der Waals surface area contributed by atoms with Gasteiger partial charge in [0.05, 0.1) is 25.8 Å². The predicted molar refractivity (Wildman–Crippen MR) is 119 cm³/mol. The first-order valence-corrected chi connectivity index (χ1v) is 10.4. The lowest BCUT2D eigenvalue weighted by molar-refractivity contribution is 0.0924. The zero-order chi connectivity index (χ0) is 21.6. The Bertz CT molecular complexity index is 1040. The minimum absolute atomic E-state index is 0.0234. The largest absolute Gasteiger partial charge is 0.497 e. The zero-order valence-electron chi connectivity index (χ0n) is 17.9. The Morgan fingerprint density at radius 2 is 1.94 bits per heavy atom. The number of carbonyl (C=O) groups excluding carboxylic acids is 1. The van der Waals surface area contributed by atoms with Gasteiger partial charge in [0.1, 0.15) is 11.5 Å². The highest BCUT2D eigenvalue weighted by atomic mass is 16.5. The van der Waals surface area contributed by atoms with E-state index in [0.29, 0.717) is 23.6 Å². The van der Waals surface area contributed by atoms with Crippen LogP contribution in [0.15, 0.2) is 67.0 Å². The average Bonchev–Trinajstić information content (AvgIpc) is 2.84. The first-order chi connectivity index (χ1) is 15.2. The summed E-state index contributed by atoms with van der Waals surface area (Å²) in [6, 6.07) is 17.8. The van der Waals surface area contributed by atoms with Crippen molar-refractivity contribution in [3.05, 3.63) is 89.2 Å². The predicted octanol–water partition coefficient (Wildman–Crippen LogP) is 3.63. The smallest absolute Gasteiger partial charge is 0.255 e. The fourth-order valence-corrected chi connectivity index (χ4v) is 4.09. The first kappa shape index (κ1) is 20.9. The molecule has 6 heteroatoms. The summed E-state index contributed by atoms with van der Waals surface area (Å²) < 4.78 is 10.6. The number of hydrogen-bond donors (Lipinski definition) is 1. The van der Waals surface area contributed by atoms with E-state index < -0.39 is 0 Å². The van der Waals surface area contributed by atoms with Gasteiger partial charge in [0.25, 0.3) is 5.91 Å². The van der Waals surface area contributed by atoms with Crippen LogP contribution in [0, 0.1) is 0 Å². The Morgan fingerprint density at radius 3 is 2.68 bits per heavy atom. The van der Waals surface area contributed by atoms with E-state index in [1.165, 1.54) is 11.1 Å². The monoisotopic (exact) mass is 417 g/mol. The molecular formula is C25H27N3O3. The summed E-state index contributed by atoms with van der Waals surface area (Å²) in [5.74, 6) is 0.959. The van der Waals surface area contributed by atoms with E-state index in [4.69, 9.17) is 9.47 Å². The fourth-order valence-electron chi connectivity index (χ4n) is 4.09. The minimum atomic E-state index is -0.175. The van der Waals surface area contributed by atoms with Gasteiger partial charge in [-0.15, -0.1) is 0 Å². The van der Waals surface area contributed by atoms with E-state index in [9.17, 15) is 4.79 Å². The quantitative estimate of drug-likeness (QED) is 0.636. The molecule has 0 bridgehead atoms. The molecule has 31 heavy (non-hydrogen) atoms. The van der Waals surface area contributed by atoms with Crippen molar-refractivity contribution in [3.8, 4) is 11.5 Å². The number of rotatable bonds is 7. The molecule has 0 aliphatic carbocycles. The number of pyridine rings is 1. The molecule has 4 rings (SSSR count). The van der Waals surface area contributed by atoms with Gasteiger partial charge in [-0.2, -0.15) is 0 Å². The average molecular weight is 418 g/mol. The molecule has 3 aromatic rings.